The molecule has 1 aromatic heterocycles. The minimum Gasteiger partial charge on any atom is -0.274 e. The molecule has 114 valence electrons. The van der Waals surface area contributed by atoms with E-state index in [2.05, 4.69) is 34.5 Å². The highest BCUT2D eigenvalue weighted by Crippen LogP contribution is 2.04. The molecule has 21 heavy (non-hydrogen) atoms. The second-order valence-corrected chi connectivity index (χ2v) is 5.15. The number of aromatic nitrogens is 1. The average Bonchev–Trinajstić information content (AvgIpc) is 2.49. The van der Waals surface area contributed by atoms with E-state index in [9.17, 15) is 8.42 Å². The Kier molecular flexibility index (Phi) is 6.80. The van der Waals surface area contributed by atoms with Crippen molar-refractivity contribution < 1.29 is 26.7 Å². The molecule has 0 saturated heterocycles. The zero-order valence-electron chi connectivity index (χ0n) is 11.8. The molecule has 7 heteroatoms. The molecule has 0 aliphatic heterocycles. The molecule has 1 aromatic carbocycles. The highest BCUT2D eigenvalue weighted by atomic mass is 32.3. The van der Waals surface area contributed by atoms with Gasteiger partial charge in [-0.15, -0.1) is 0 Å². The predicted octanol–water partition coefficient (Wildman–Crippen LogP) is 1.06. The number of nitrogens with zero attached hydrogens (tertiary/aromatic N) is 1. The van der Waals surface area contributed by atoms with Gasteiger partial charge in [0.15, 0.2) is 0 Å². The summed E-state index contributed by atoms with van der Waals surface area (Å²) in [6, 6.07) is 16.4. The Morgan fingerprint density at radius 1 is 1.05 bits per heavy atom. The van der Waals surface area contributed by atoms with Gasteiger partial charge in [-0.2, -0.15) is 8.42 Å². The molecule has 0 saturated carbocycles. The summed E-state index contributed by atoms with van der Waals surface area (Å²) in [5, 5.41) is 0. The SMILES string of the molecule is COS(=O)(=O)O.CO[n+]1ccccc1Cc1ccccc1. The van der Waals surface area contributed by atoms with Crippen LogP contribution in [0.1, 0.15) is 11.3 Å². The topological polar surface area (TPSA) is 76.7 Å². The van der Waals surface area contributed by atoms with Crippen molar-refractivity contribution in [3.8, 4) is 0 Å². The summed E-state index contributed by atoms with van der Waals surface area (Å²) >= 11 is 0. The van der Waals surface area contributed by atoms with Crippen molar-refractivity contribution in [3.63, 3.8) is 0 Å². The van der Waals surface area contributed by atoms with E-state index in [0.717, 1.165) is 19.2 Å². The van der Waals surface area contributed by atoms with Crippen molar-refractivity contribution >= 4 is 10.4 Å². The maximum Gasteiger partial charge on any atom is 0.397 e. The smallest absolute Gasteiger partial charge is 0.274 e. The van der Waals surface area contributed by atoms with Gasteiger partial charge in [-0.3, -0.25) is 13.6 Å². The lowest BCUT2D eigenvalue weighted by Gasteiger charge is -2.00. The van der Waals surface area contributed by atoms with Crippen LogP contribution in [0.4, 0.5) is 0 Å². The van der Waals surface area contributed by atoms with Crippen LogP contribution in [0.15, 0.2) is 54.7 Å². The molecule has 0 unspecified atom stereocenters. The van der Waals surface area contributed by atoms with Crippen LogP contribution < -0.4 is 9.57 Å². The van der Waals surface area contributed by atoms with Crippen LogP contribution in [-0.2, 0) is 21.0 Å². The van der Waals surface area contributed by atoms with Crippen molar-refractivity contribution in [2.24, 2.45) is 0 Å². The molecule has 0 atom stereocenters. The van der Waals surface area contributed by atoms with E-state index in [0.29, 0.717) is 0 Å². The molecule has 0 bridgehead atoms. The van der Waals surface area contributed by atoms with E-state index in [1.165, 1.54) is 5.56 Å². The third-order valence-electron chi connectivity index (χ3n) is 2.54. The number of rotatable bonds is 4. The average molecular weight is 312 g/mol. The summed E-state index contributed by atoms with van der Waals surface area (Å²) in [6.45, 7) is 0. The summed E-state index contributed by atoms with van der Waals surface area (Å²) in [5.41, 5.74) is 2.43. The zero-order chi connectivity index (χ0) is 15.7. The van der Waals surface area contributed by atoms with Gasteiger partial charge >= 0.3 is 10.4 Å². The van der Waals surface area contributed by atoms with E-state index in [-0.39, 0.29) is 0 Å². The minimum atomic E-state index is -4.16. The van der Waals surface area contributed by atoms with Crippen LogP contribution in [0.25, 0.3) is 0 Å². The van der Waals surface area contributed by atoms with Gasteiger partial charge in [0.1, 0.15) is 7.11 Å². The third-order valence-corrected chi connectivity index (χ3v) is 2.96. The second kappa shape index (κ2) is 8.35. The Bertz CT molecular complexity index is 643. The quantitative estimate of drug-likeness (QED) is 0.675. The predicted molar refractivity (Wildman–Crippen MR) is 76.9 cm³/mol. The number of hydrogen-bond donors (Lipinski definition) is 1. The lowest BCUT2D eigenvalue weighted by atomic mass is 10.1. The molecule has 1 heterocycles. The van der Waals surface area contributed by atoms with Gasteiger partial charge in [-0.1, -0.05) is 30.3 Å². The summed E-state index contributed by atoms with van der Waals surface area (Å²) in [5.74, 6) is 0. The van der Waals surface area contributed by atoms with Crippen molar-refractivity contribution in [1.29, 1.82) is 0 Å². The van der Waals surface area contributed by atoms with Crippen molar-refractivity contribution in [2.45, 2.75) is 6.42 Å². The maximum absolute atomic E-state index is 9.33. The normalized spacial score (nSPS) is 10.4. The van der Waals surface area contributed by atoms with Crippen LogP contribution in [0.3, 0.4) is 0 Å². The highest BCUT2D eigenvalue weighted by Gasteiger charge is 2.09. The monoisotopic (exact) mass is 312 g/mol. The van der Waals surface area contributed by atoms with E-state index in [1.807, 2.05) is 24.4 Å². The highest BCUT2D eigenvalue weighted by molar-refractivity contribution is 7.80. The van der Waals surface area contributed by atoms with E-state index in [4.69, 9.17) is 9.39 Å². The summed E-state index contributed by atoms with van der Waals surface area (Å²) in [4.78, 5) is 5.23. The Balaban J connectivity index is 0.000000315. The molecule has 6 nitrogen and oxygen atoms in total. The van der Waals surface area contributed by atoms with Gasteiger partial charge < -0.3 is 0 Å². The summed E-state index contributed by atoms with van der Waals surface area (Å²) in [7, 11) is -1.62. The molecule has 2 aromatic rings. The largest absolute Gasteiger partial charge is 0.397 e. The zero-order valence-corrected chi connectivity index (χ0v) is 12.7. The number of hydrogen-bond acceptors (Lipinski definition) is 4. The third kappa shape index (κ3) is 6.84. The molecule has 0 aliphatic rings. The fourth-order valence-corrected chi connectivity index (χ4v) is 1.58. The van der Waals surface area contributed by atoms with Crippen LogP contribution in [0, 0.1) is 0 Å². The van der Waals surface area contributed by atoms with Crippen LogP contribution >= 0.6 is 0 Å². The van der Waals surface area contributed by atoms with E-state index in [1.54, 1.807) is 11.8 Å². The van der Waals surface area contributed by atoms with Gasteiger partial charge in [0.05, 0.1) is 13.5 Å². The first-order chi connectivity index (χ1) is 9.96. The summed E-state index contributed by atoms with van der Waals surface area (Å²) in [6.07, 6.45) is 2.80. The first kappa shape index (κ1) is 17.1. The van der Waals surface area contributed by atoms with Gasteiger partial charge in [0.2, 0.25) is 11.9 Å². The van der Waals surface area contributed by atoms with Crippen molar-refractivity contribution in [1.82, 2.24) is 0 Å². The number of pyridine rings is 1. The van der Waals surface area contributed by atoms with Gasteiger partial charge in [-0.25, -0.2) is 0 Å². The lowest BCUT2D eigenvalue weighted by Crippen LogP contribution is -2.44. The fraction of sp³-hybridized carbons (Fsp3) is 0.214. The lowest BCUT2D eigenvalue weighted by molar-refractivity contribution is -0.890. The van der Waals surface area contributed by atoms with Gasteiger partial charge in [0.25, 0.3) is 0 Å². The Labute approximate surface area is 124 Å². The number of benzene rings is 1. The molecule has 1 N–H and O–H groups in total. The molecular formula is C14H18NO5S+. The Hall–Kier alpha value is -1.96. The molecular weight excluding hydrogens is 294 g/mol. The van der Waals surface area contributed by atoms with E-state index < -0.39 is 10.4 Å². The fourth-order valence-electron chi connectivity index (χ4n) is 1.58. The van der Waals surface area contributed by atoms with Crippen LogP contribution in [0.5, 0.6) is 0 Å². The van der Waals surface area contributed by atoms with Gasteiger partial charge in [0, 0.05) is 16.9 Å². The molecule has 0 spiro atoms. The standard InChI is InChI=1S/C13H14NO.CH4O4S/c1-15-14-10-6-5-9-13(14)11-12-7-3-2-4-8-12;1-5-6(2,3)4/h2-10H,11H2,1H3;1H3,(H,2,3,4)/q+1;. The maximum atomic E-state index is 9.33. The summed E-state index contributed by atoms with van der Waals surface area (Å²) < 4.78 is 31.5. The Morgan fingerprint density at radius 3 is 2.14 bits per heavy atom. The molecule has 2 rings (SSSR count). The van der Waals surface area contributed by atoms with Crippen molar-refractivity contribution in [2.75, 3.05) is 14.2 Å². The molecule has 0 amide bonds. The van der Waals surface area contributed by atoms with Crippen LogP contribution in [0.2, 0.25) is 0 Å². The first-order valence-corrected chi connectivity index (χ1v) is 7.44. The molecule has 0 aliphatic carbocycles. The first-order valence-electron chi connectivity index (χ1n) is 6.07. The second-order valence-electron chi connectivity index (χ2n) is 3.96. The van der Waals surface area contributed by atoms with Crippen LogP contribution in [-0.4, -0.2) is 27.2 Å². The minimum absolute atomic E-state index is 0.870. The van der Waals surface area contributed by atoms with E-state index >= 15 is 0 Å². The molecule has 0 fully saturated rings. The Morgan fingerprint density at radius 2 is 1.62 bits per heavy atom. The van der Waals surface area contributed by atoms with Gasteiger partial charge in [-0.05, 0) is 11.6 Å². The van der Waals surface area contributed by atoms with Crippen molar-refractivity contribution in [3.05, 3.63) is 66.0 Å². The molecule has 0 radical (unpaired) electrons.